The van der Waals surface area contributed by atoms with Crippen molar-refractivity contribution in [2.24, 2.45) is 11.8 Å². The lowest BCUT2D eigenvalue weighted by molar-refractivity contribution is -1.04. The Morgan fingerprint density at radius 3 is 2.04 bits per heavy atom. The first-order chi connectivity index (χ1) is 12.4. The minimum absolute atomic E-state index is 0.831. The van der Waals surface area contributed by atoms with Crippen LogP contribution in [0.15, 0.2) is 30.3 Å². The van der Waals surface area contributed by atoms with Crippen LogP contribution in [-0.4, -0.2) is 38.3 Å². The lowest BCUT2D eigenvalue weighted by atomic mass is 9.81. The van der Waals surface area contributed by atoms with E-state index in [-0.39, 0.29) is 0 Å². The topological polar surface area (TPSA) is 8.88 Å². The summed E-state index contributed by atoms with van der Waals surface area (Å²) in [5, 5.41) is 0. The highest BCUT2D eigenvalue weighted by molar-refractivity contribution is 5.19. The number of nitrogens with one attached hydrogen (secondary N) is 2. The van der Waals surface area contributed by atoms with Crippen molar-refractivity contribution in [3.05, 3.63) is 35.9 Å². The Morgan fingerprint density at radius 2 is 1.40 bits per heavy atom. The van der Waals surface area contributed by atoms with Crippen LogP contribution in [0, 0.1) is 11.8 Å². The molecule has 1 aromatic rings. The normalized spacial score (nSPS) is 44.1. The van der Waals surface area contributed by atoms with Gasteiger partial charge in [0.15, 0.2) is 0 Å². The van der Waals surface area contributed by atoms with Crippen LogP contribution in [0.5, 0.6) is 0 Å². The number of piperazine rings is 1. The van der Waals surface area contributed by atoms with Crippen LogP contribution in [0.1, 0.15) is 62.8 Å². The van der Waals surface area contributed by atoms with Crippen LogP contribution in [0.2, 0.25) is 0 Å². The van der Waals surface area contributed by atoms with Gasteiger partial charge in [0.2, 0.25) is 0 Å². The third kappa shape index (κ3) is 3.28. The van der Waals surface area contributed by atoms with Gasteiger partial charge in [0, 0.05) is 12.3 Å². The van der Waals surface area contributed by atoms with Gasteiger partial charge < -0.3 is 9.80 Å². The molecule has 4 fully saturated rings. The average Bonchev–Trinajstić information content (AvgIpc) is 3.33. The number of hydrogen-bond acceptors (Lipinski definition) is 0. The van der Waals surface area contributed by atoms with Crippen LogP contribution in [0.4, 0.5) is 0 Å². The largest absolute Gasteiger partial charge is 0.323 e. The van der Waals surface area contributed by atoms with Gasteiger partial charge >= 0.3 is 0 Å². The summed E-state index contributed by atoms with van der Waals surface area (Å²) in [6.45, 7) is 5.82. The number of benzene rings is 1. The van der Waals surface area contributed by atoms with Crippen molar-refractivity contribution in [2.75, 3.05) is 26.2 Å². The molecule has 2 bridgehead atoms. The molecule has 136 valence electrons. The van der Waals surface area contributed by atoms with E-state index in [2.05, 4.69) is 30.3 Å². The summed E-state index contributed by atoms with van der Waals surface area (Å²) in [7, 11) is 0. The van der Waals surface area contributed by atoms with E-state index in [4.69, 9.17) is 0 Å². The van der Waals surface area contributed by atoms with Gasteiger partial charge in [-0.25, -0.2) is 0 Å². The fraction of sp³-hybridized carbons (Fsp3) is 0.739. The maximum Gasteiger partial charge on any atom is 0.127 e. The molecule has 2 heteroatoms. The molecule has 1 heterocycles. The zero-order chi connectivity index (χ0) is 16.6. The summed E-state index contributed by atoms with van der Waals surface area (Å²) in [4.78, 5) is 3.95. The van der Waals surface area contributed by atoms with Crippen LogP contribution >= 0.6 is 0 Å². The molecule has 1 saturated heterocycles. The molecule has 1 aliphatic heterocycles. The van der Waals surface area contributed by atoms with E-state index in [0.717, 1.165) is 29.8 Å². The van der Waals surface area contributed by atoms with Crippen molar-refractivity contribution in [3.63, 3.8) is 0 Å². The molecule has 4 aliphatic rings. The Kier molecular flexibility index (Phi) is 4.60. The molecule has 2 N–H and O–H groups in total. The smallest absolute Gasteiger partial charge is 0.127 e. The minimum atomic E-state index is 0.831. The molecule has 3 atom stereocenters. The Balaban J connectivity index is 1.11. The average molecular weight is 341 g/mol. The monoisotopic (exact) mass is 340 g/mol. The highest BCUT2D eigenvalue weighted by Gasteiger charge is 2.46. The van der Waals surface area contributed by atoms with E-state index >= 15 is 0 Å². The summed E-state index contributed by atoms with van der Waals surface area (Å²) in [6.07, 6.45) is 12.0. The van der Waals surface area contributed by atoms with Gasteiger partial charge in [-0.1, -0.05) is 30.3 Å². The maximum atomic E-state index is 2.34. The fourth-order valence-electron chi connectivity index (χ4n) is 6.98. The molecule has 0 unspecified atom stereocenters. The van der Waals surface area contributed by atoms with E-state index in [1.165, 1.54) is 51.9 Å². The van der Waals surface area contributed by atoms with Crippen LogP contribution in [0.3, 0.4) is 0 Å². The van der Waals surface area contributed by atoms with Crippen LogP contribution < -0.4 is 9.80 Å². The molecule has 0 aromatic heterocycles. The number of quaternary nitrogens is 2. The van der Waals surface area contributed by atoms with Gasteiger partial charge in [-0.2, -0.15) is 0 Å². The molecular weight excluding hydrogens is 304 g/mol. The lowest BCUT2D eigenvalue weighted by Crippen LogP contribution is -3.31. The molecule has 1 aromatic carbocycles. The summed E-state index contributed by atoms with van der Waals surface area (Å²) >= 11 is 0. The quantitative estimate of drug-likeness (QED) is 0.829. The number of rotatable bonds is 3. The molecule has 2 nitrogen and oxygen atoms in total. The van der Waals surface area contributed by atoms with Gasteiger partial charge in [-0.3, -0.25) is 0 Å². The molecule has 0 spiro atoms. The zero-order valence-electron chi connectivity index (χ0n) is 15.8. The molecule has 3 aliphatic carbocycles. The van der Waals surface area contributed by atoms with Crippen molar-refractivity contribution >= 4 is 0 Å². The first kappa shape index (κ1) is 16.3. The zero-order valence-corrected chi connectivity index (χ0v) is 15.8. The Bertz CT molecular complexity index is 555. The Labute approximate surface area is 153 Å². The van der Waals surface area contributed by atoms with Gasteiger partial charge in [0.25, 0.3) is 0 Å². The van der Waals surface area contributed by atoms with Crippen LogP contribution in [-0.2, 0) is 0 Å². The third-order valence-corrected chi connectivity index (χ3v) is 8.37. The van der Waals surface area contributed by atoms with E-state index in [9.17, 15) is 0 Å². The number of hydrogen-bond donors (Lipinski definition) is 2. The highest BCUT2D eigenvalue weighted by Crippen LogP contribution is 2.43. The molecule has 0 radical (unpaired) electrons. The van der Waals surface area contributed by atoms with Gasteiger partial charge in [-0.15, -0.1) is 0 Å². The summed E-state index contributed by atoms with van der Waals surface area (Å²) in [6, 6.07) is 13.3. The van der Waals surface area contributed by atoms with E-state index in [0.29, 0.717) is 0 Å². The van der Waals surface area contributed by atoms with Crippen LogP contribution in [0.25, 0.3) is 0 Å². The lowest BCUT2D eigenvalue weighted by Gasteiger charge is -2.40. The standard InChI is InChI=1S/C23H34N2/c1-2-4-19(5-3-1)20-8-10-22(11-9-20)24-12-14-25(15-13-24)23-17-18-6-7-21(23)16-18/h1-5,18,20-23H,6-17H2/p+2/t18-,20?,21+,22?,23-/m0/s1. The SMILES string of the molecule is c1ccc(C2CCC([NH+]3CC[NH+]([C@H]4C[C@H]5CC[C@@H]4C5)CC3)CC2)cc1. The van der Waals surface area contributed by atoms with Gasteiger partial charge in [0.05, 0.1) is 12.1 Å². The van der Waals surface area contributed by atoms with E-state index in [1.54, 1.807) is 31.2 Å². The Morgan fingerprint density at radius 1 is 0.680 bits per heavy atom. The van der Waals surface area contributed by atoms with Crippen molar-refractivity contribution in [3.8, 4) is 0 Å². The molecule has 25 heavy (non-hydrogen) atoms. The second kappa shape index (κ2) is 7.04. The molecule has 3 saturated carbocycles. The van der Waals surface area contributed by atoms with Crippen molar-refractivity contribution < 1.29 is 9.80 Å². The van der Waals surface area contributed by atoms with Gasteiger partial charge in [0.1, 0.15) is 26.2 Å². The first-order valence-electron chi connectivity index (χ1n) is 11.1. The summed E-state index contributed by atoms with van der Waals surface area (Å²) < 4.78 is 0. The van der Waals surface area contributed by atoms with Crippen molar-refractivity contribution in [1.82, 2.24) is 0 Å². The Hall–Kier alpha value is -0.860. The van der Waals surface area contributed by atoms with E-state index < -0.39 is 0 Å². The first-order valence-corrected chi connectivity index (χ1v) is 11.1. The predicted octanol–water partition coefficient (Wildman–Crippen LogP) is 1.68. The molecular formula is C23H36N2+2. The second-order valence-corrected chi connectivity index (χ2v) is 9.56. The molecule has 0 amide bonds. The third-order valence-electron chi connectivity index (χ3n) is 8.37. The summed E-state index contributed by atoms with van der Waals surface area (Å²) in [5.41, 5.74) is 1.58. The van der Waals surface area contributed by atoms with E-state index in [1.807, 2.05) is 9.80 Å². The minimum Gasteiger partial charge on any atom is -0.323 e. The van der Waals surface area contributed by atoms with Gasteiger partial charge in [-0.05, 0) is 62.3 Å². The fourth-order valence-corrected chi connectivity index (χ4v) is 6.98. The van der Waals surface area contributed by atoms with Crippen molar-refractivity contribution in [1.29, 1.82) is 0 Å². The number of fused-ring (bicyclic) bond motifs is 2. The molecule has 5 rings (SSSR count). The maximum absolute atomic E-state index is 2.34. The predicted molar refractivity (Wildman–Crippen MR) is 102 cm³/mol. The van der Waals surface area contributed by atoms with Crippen molar-refractivity contribution in [2.45, 2.75) is 69.4 Å². The highest BCUT2D eigenvalue weighted by atomic mass is 15.3. The second-order valence-electron chi connectivity index (χ2n) is 9.56. The summed E-state index contributed by atoms with van der Waals surface area (Å²) in [5.74, 6) is 3.04.